The highest BCUT2D eigenvalue weighted by Gasteiger charge is 2.13. The van der Waals surface area contributed by atoms with Gasteiger partial charge in [-0.1, -0.05) is 12.1 Å². The Hall–Kier alpha value is -1.28. The quantitative estimate of drug-likeness (QED) is 0.514. The summed E-state index contributed by atoms with van der Waals surface area (Å²) in [4.78, 5) is 22.8. The van der Waals surface area contributed by atoms with E-state index in [0.29, 0.717) is 17.9 Å². The van der Waals surface area contributed by atoms with Crippen molar-refractivity contribution in [3.05, 3.63) is 29.8 Å². The topological polar surface area (TPSA) is 90.6 Å². The molecule has 130 valence electrons. The number of rotatable bonds is 9. The van der Waals surface area contributed by atoms with Crippen LogP contribution in [0.3, 0.4) is 0 Å². The molecule has 1 atom stereocenters. The van der Waals surface area contributed by atoms with E-state index < -0.39 is 6.04 Å². The molecule has 0 spiro atoms. The zero-order chi connectivity index (χ0) is 16.4. The van der Waals surface area contributed by atoms with Crippen molar-refractivity contribution in [3.8, 4) is 0 Å². The van der Waals surface area contributed by atoms with E-state index in [4.69, 9.17) is 10.5 Å². The molecule has 0 aliphatic rings. The predicted octanol–water partition coefficient (Wildman–Crippen LogP) is 1.82. The number of nitrogens with one attached hydrogen (secondary N) is 1. The van der Waals surface area contributed by atoms with Crippen LogP contribution in [0.15, 0.2) is 24.3 Å². The molecule has 1 aromatic rings. The molecule has 0 bridgehead atoms. The maximum Gasteiger partial charge on any atom is 0.306 e. The van der Waals surface area contributed by atoms with Gasteiger partial charge in [0.15, 0.2) is 0 Å². The van der Waals surface area contributed by atoms with Crippen molar-refractivity contribution in [2.75, 3.05) is 31.9 Å². The van der Waals surface area contributed by atoms with E-state index in [1.165, 1.54) is 14.2 Å². The van der Waals surface area contributed by atoms with Gasteiger partial charge in [0.1, 0.15) is 6.04 Å². The molecule has 0 saturated carbocycles. The average Bonchev–Trinajstić information content (AvgIpc) is 2.51. The van der Waals surface area contributed by atoms with Gasteiger partial charge in [0, 0.05) is 24.3 Å². The van der Waals surface area contributed by atoms with Crippen LogP contribution >= 0.6 is 24.2 Å². The monoisotopic (exact) mass is 362 g/mol. The van der Waals surface area contributed by atoms with Crippen LogP contribution in [0.1, 0.15) is 12.0 Å². The Morgan fingerprint density at radius 3 is 2.74 bits per heavy atom. The lowest BCUT2D eigenvalue weighted by molar-refractivity contribution is -0.140. The summed E-state index contributed by atoms with van der Waals surface area (Å²) in [5, 5.41) is 2.76. The molecule has 0 aliphatic heterocycles. The van der Waals surface area contributed by atoms with Crippen LogP contribution in [0.4, 0.5) is 5.69 Å². The van der Waals surface area contributed by atoms with Gasteiger partial charge in [-0.2, -0.15) is 11.8 Å². The van der Waals surface area contributed by atoms with Crippen molar-refractivity contribution >= 4 is 41.7 Å². The van der Waals surface area contributed by atoms with Crippen LogP contribution in [0, 0.1) is 0 Å². The minimum Gasteiger partial charge on any atom is -0.469 e. The summed E-state index contributed by atoms with van der Waals surface area (Å²) in [5.41, 5.74) is 7.43. The van der Waals surface area contributed by atoms with Gasteiger partial charge in [-0.05, 0) is 17.7 Å². The van der Waals surface area contributed by atoms with Crippen LogP contribution in [0.5, 0.6) is 0 Å². The smallest absolute Gasteiger partial charge is 0.306 e. The van der Waals surface area contributed by atoms with Crippen molar-refractivity contribution < 1.29 is 19.1 Å². The summed E-state index contributed by atoms with van der Waals surface area (Å²) >= 11 is 1.63. The standard InChI is InChI=1S/C15H22N2O4S.ClH/c1-20-9-13(16)15(19)17-12-5-3-4-11(8-12)10-22-7-6-14(18)21-2;/h3-5,8,13H,6-7,9-10,16H2,1-2H3,(H,17,19);1H. The number of amides is 1. The highest BCUT2D eigenvalue weighted by Crippen LogP contribution is 2.17. The molecule has 3 N–H and O–H groups in total. The van der Waals surface area contributed by atoms with Gasteiger partial charge in [-0.3, -0.25) is 9.59 Å². The van der Waals surface area contributed by atoms with Crippen LogP contribution in [0.2, 0.25) is 0 Å². The Bertz CT molecular complexity index is 502. The summed E-state index contributed by atoms with van der Waals surface area (Å²) in [5.74, 6) is 0.963. The first-order valence-corrected chi connectivity index (χ1v) is 8.01. The molecule has 0 aromatic heterocycles. The number of methoxy groups -OCH3 is 2. The van der Waals surface area contributed by atoms with Crippen LogP contribution < -0.4 is 11.1 Å². The number of benzene rings is 1. The molecule has 1 unspecified atom stereocenters. The zero-order valence-electron chi connectivity index (χ0n) is 13.2. The maximum atomic E-state index is 11.8. The molecule has 0 aliphatic carbocycles. The lowest BCUT2D eigenvalue weighted by atomic mass is 10.2. The number of halogens is 1. The van der Waals surface area contributed by atoms with Gasteiger partial charge in [0.05, 0.1) is 20.1 Å². The third-order valence-corrected chi connectivity index (χ3v) is 3.85. The van der Waals surface area contributed by atoms with Crippen molar-refractivity contribution in [1.82, 2.24) is 0 Å². The van der Waals surface area contributed by atoms with Crippen LogP contribution in [-0.4, -0.2) is 44.5 Å². The second-order valence-electron chi connectivity index (χ2n) is 4.63. The number of carbonyl (C=O) groups excluding carboxylic acids is 2. The van der Waals surface area contributed by atoms with Crippen LogP contribution in [0.25, 0.3) is 0 Å². The summed E-state index contributed by atoms with van der Waals surface area (Å²) in [6, 6.07) is 6.84. The number of esters is 1. The molecule has 0 fully saturated rings. The van der Waals surface area contributed by atoms with E-state index in [1.807, 2.05) is 18.2 Å². The number of thioether (sulfide) groups is 1. The normalized spacial score (nSPS) is 11.3. The van der Waals surface area contributed by atoms with Gasteiger partial charge in [0.2, 0.25) is 5.91 Å². The van der Waals surface area contributed by atoms with Crippen molar-refractivity contribution in [3.63, 3.8) is 0 Å². The molecular formula is C15H23ClN2O4S. The van der Waals surface area contributed by atoms with Gasteiger partial charge >= 0.3 is 5.97 Å². The van der Waals surface area contributed by atoms with Crippen molar-refractivity contribution in [2.45, 2.75) is 18.2 Å². The Morgan fingerprint density at radius 1 is 1.35 bits per heavy atom. The summed E-state index contributed by atoms with van der Waals surface area (Å²) in [7, 11) is 2.88. The minimum atomic E-state index is -0.692. The van der Waals surface area contributed by atoms with E-state index in [0.717, 1.165) is 11.3 Å². The minimum absolute atomic E-state index is 0. The Labute approximate surface area is 146 Å². The largest absolute Gasteiger partial charge is 0.469 e. The third kappa shape index (κ3) is 8.80. The van der Waals surface area contributed by atoms with Gasteiger partial charge in [0.25, 0.3) is 0 Å². The van der Waals surface area contributed by atoms with E-state index in [2.05, 4.69) is 10.1 Å². The Morgan fingerprint density at radius 2 is 2.09 bits per heavy atom. The fourth-order valence-electron chi connectivity index (χ4n) is 1.68. The lowest BCUT2D eigenvalue weighted by Gasteiger charge is -2.12. The third-order valence-electron chi connectivity index (χ3n) is 2.82. The maximum absolute atomic E-state index is 11.8. The van der Waals surface area contributed by atoms with E-state index in [9.17, 15) is 9.59 Å². The highest BCUT2D eigenvalue weighted by atomic mass is 35.5. The number of nitrogens with two attached hydrogens (primary N) is 1. The Kier molecular flexibility index (Phi) is 11.5. The molecule has 0 radical (unpaired) electrons. The summed E-state index contributed by atoms with van der Waals surface area (Å²) < 4.78 is 9.44. The average molecular weight is 363 g/mol. The molecule has 1 amide bonds. The van der Waals surface area contributed by atoms with Gasteiger partial charge in [-0.15, -0.1) is 12.4 Å². The molecular weight excluding hydrogens is 340 g/mol. The van der Waals surface area contributed by atoms with Gasteiger partial charge < -0.3 is 20.5 Å². The second kappa shape index (κ2) is 12.2. The number of carbonyl (C=O) groups is 2. The molecule has 8 heteroatoms. The first-order chi connectivity index (χ1) is 10.6. The van der Waals surface area contributed by atoms with E-state index >= 15 is 0 Å². The molecule has 6 nitrogen and oxygen atoms in total. The Balaban J connectivity index is 0.00000484. The van der Waals surface area contributed by atoms with Crippen molar-refractivity contribution in [2.24, 2.45) is 5.73 Å². The van der Waals surface area contributed by atoms with Crippen molar-refractivity contribution in [1.29, 1.82) is 0 Å². The molecule has 23 heavy (non-hydrogen) atoms. The summed E-state index contributed by atoms with van der Waals surface area (Å²) in [6.07, 6.45) is 0.392. The van der Waals surface area contributed by atoms with Gasteiger partial charge in [-0.25, -0.2) is 0 Å². The predicted molar refractivity (Wildman–Crippen MR) is 95.0 cm³/mol. The number of hydrogen-bond donors (Lipinski definition) is 2. The SMILES string of the molecule is COCC(N)C(=O)Nc1cccc(CSCCC(=O)OC)c1.Cl. The first-order valence-electron chi connectivity index (χ1n) is 6.85. The molecule has 1 rings (SSSR count). The lowest BCUT2D eigenvalue weighted by Crippen LogP contribution is -2.39. The molecule has 0 heterocycles. The number of hydrogen-bond acceptors (Lipinski definition) is 6. The summed E-state index contributed by atoms with van der Waals surface area (Å²) in [6.45, 7) is 0.176. The number of ether oxygens (including phenoxy) is 2. The van der Waals surface area contributed by atoms with E-state index in [-0.39, 0.29) is 30.9 Å². The van der Waals surface area contributed by atoms with Crippen LogP contribution in [-0.2, 0) is 24.8 Å². The highest BCUT2D eigenvalue weighted by molar-refractivity contribution is 7.98. The fraction of sp³-hybridized carbons (Fsp3) is 0.467. The fourth-order valence-corrected chi connectivity index (χ4v) is 2.55. The second-order valence-corrected chi connectivity index (χ2v) is 5.74. The molecule has 1 aromatic carbocycles. The first kappa shape index (κ1) is 21.7. The van der Waals surface area contributed by atoms with E-state index in [1.54, 1.807) is 17.8 Å². The number of anilines is 1. The molecule has 0 saturated heterocycles. The zero-order valence-corrected chi connectivity index (χ0v) is 14.9.